The lowest BCUT2D eigenvalue weighted by Gasteiger charge is -2.07. The number of thiophene rings is 1. The molecule has 1 aromatic carbocycles. The van der Waals surface area contributed by atoms with E-state index in [-0.39, 0.29) is 5.91 Å². The van der Waals surface area contributed by atoms with E-state index in [1.165, 1.54) is 0 Å². The van der Waals surface area contributed by atoms with Crippen LogP contribution in [0.4, 0.5) is 0 Å². The van der Waals surface area contributed by atoms with Gasteiger partial charge in [0.25, 0.3) is 5.91 Å². The van der Waals surface area contributed by atoms with E-state index in [0.717, 1.165) is 35.6 Å². The van der Waals surface area contributed by atoms with Crippen molar-refractivity contribution >= 4 is 17.2 Å². The second kappa shape index (κ2) is 8.48. The lowest BCUT2D eigenvalue weighted by Crippen LogP contribution is -2.22. The summed E-state index contributed by atoms with van der Waals surface area (Å²) in [5.74, 6) is 0.695. The molecule has 5 nitrogen and oxygen atoms in total. The highest BCUT2D eigenvalue weighted by molar-refractivity contribution is 7.09. The first kappa shape index (κ1) is 17.2. The fraction of sp³-hybridized carbons (Fsp3) is 0.263. The van der Waals surface area contributed by atoms with Crippen molar-refractivity contribution in [2.24, 2.45) is 0 Å². The van der Waals surface area contributed by atoms with Crippen LogP contribution in [0.3, 0.4) is 0 Å². The van der Waals surface area contributed by atoms with E-state index in [4.69, 9.17) is 4.74 Å². The Bertz CT molecular complexity index is 794. The number of unbranched alkanes of at least 4 members (excludes halogenated alkanes) is 1. The summed E-state index contributed by atoms with van der Waals surface area (Å²) in [5, 5.41) is 11.9. The number of amides is 1. The normalized spacial score (nSPS) is 10.6. The maximum absolute atomic E-state index is 12.4. The monoisotopic (exact) mass is 355 g/mol. The van der Waals surface area contributed by atoms with Crippen LogP contribution in [0, 0.1) is 0 Å². The minimum atomic E-state index is -0.138. The van der Waals surface area contributed by atoms with E-state index >= 15 is 0 Å². The molecule has 6 heteroatoms. The van der Waals surface area contributed by atoms with Crippen molar-refractivity contribution in [2.75, 3.05) is 6.61 Å². The highest BCUT2D eigenvalue weighted by Crippen LogP contribution is 2.24. The maximum Gasteiger partial charge on any atom is 0.255 e. The molecule has 0 radical (unpaired) electrons. The molecule has 2 N–H and O–H groups in total. The zero-order valence-electron chi connectivity index (χ0n) is 14.1. The Labute approximate surface area is 151 Å². The number of carbonyl (C=O) groups is 1. The van der Waals surface area contributed by atoms with Gasteiger partial charge in [-0.05, 0) is 42.1 Å². The molecule has 0 bridgehead atoms. The molecule has 0 spiro atoms. The number of nitrogens with zero attached hydrogens (tertiary/aromatic N) is 1. The number of benzene rings is 1. The molecule has 0 aliphatic rings. The first-order chi connectivity index (χ1) is 12.3. The topological polar surface area (TPSA) is 67.0 Å². The highest BCUT2D eigenvalue weighted by atomic mass is 32.1. The number of rotatable bonds is 8. The molecule has 0 atom stereocenters. The van der Waals surface area contributed by atoms with Gasteiger partial charge < -0.3 is 10.1 Å². The summed E-state index contributed by atoms with van der Waals surface area (Å²) in [6.07, 6.45) is 3.71. The Morgan fingerprint density at radius 2 is 2.12 bits per heavy atom. The van der Waals surface area contributed by atoms with Crippen molar-refractivity contribution in [3.8, 4) is 17.0 Å². The molecule has 0 unspecified atom stereocenters. The summed E-state index contributed by atoms with van der Waals surface area (Å²) in [6, 6.07) is 11.7. The van der Waals surface area contributed by atoms with Gasteiger partial charge in [-0.25, -0.2) is 0 Å². The summed E-state index contributed by atoms with van der Waals surface area (Å²) < 4.78 is 5.67. The standard InChI is InChI=1S/C19H21N3O2S/c1-2-3-10-24-15-8-6-14(7-9-15)18-17(13-21-22-18)19(23)20-12-16-5-4-11-25-16/h4-9,11,13H,2-3,10,12H2,1H3,(H,20,23)(H,21,22). The van der Waals surface area contributed by atoms with Crippen LogP contribution in [-0.2, 0) is 6.54 Å². The van der Waals surface area contributed by atoms with Gasteiger partial charge in [0.15, 0.2) is 0 Å². The molecule has 0 aliphatic carbocycles. The van der Waals surface area contributed by atoms with Gasteiger partial charge in [0.1, 0.15) is 5.75 Å². The minimum Gasteiger partial charge on any atom is -0.494 e. The summed E-state index contributed by atoms with van der Waals surface area (Å²) >= 11 is 1.62. The molecular weight excluding hydrogens is 334 g/mol. The minimum absolute atomic E-state index is 0.138. The third-order valence-corrected chi connectivity index (χ3v) is 4.67. The van der Waals surface area contributed by atoms with Crippen LogP contribution in [-0.4, -0.2) is 22.7 Å². The van der Waals surface area contributed by atoms with Gasteiger partial charge in [0, 0.05) is 10.4 Å². The van der Waals surface area contributed by atoms with Crippen LogP contribution in [0.2, 0.25) is 0 Å². The maximum atomic E-state index is 12.4. The summed E-state index contributed by atoms with van der Waals surface area (Å²) in [4.78, 5) is 13.6. The Kier molecular flexibility index (Phi) is 5.85. The first-order valence-electron chi connectivity index (χ1n) is 8.35. The van der Waals surface area contributed by atoms with Gasteiger partial charge in [-0.2, -0.15) is 5.10 Å². The lowest BCUT2D eigenvalue weighted by atomic mass is 10.1. The van der Waals surface area contributed by atoms with Crippen LogP contribution in [0.15, 0.2) is 48.0 Å². The predicted molar refractivity (Wildman–Crippen MR) is 99.9 cm³/mol. The van der Waals surface area contributed by atoms with E-state index < -0.39 is 0 Å². The number of ether oxygens (including phenoxy) is 1. The van der Waals surface area contributed by atoms with Gasteiger partial charge in [-0.3, -0.25) is 9.89 Å². The SMILES string of the molecule is CCCCOc1ccc(-c2[nH]ncc2C(=O)NCc2cccs2)cc1. The van der Waals surface area contributed by atoms with Crippen LogP contribution < -0.4 is 10.1 Å². The molecule has 2 aromatic heterocycles. The fourth-order valence-corrected chi connectivity index (χ4v) is 3.05. The van der Waals surface area contributed by atoms with Gasteiger partial charge in [-0.1, -0.05) is 19.4 Å². The number of aromatic nitrogens is 2. The van der Waals surface area contributed by atoms with Gasteiger partial charge in [-0.15, -0.1) is 11.3 Å². The Morgan fingerprint density at radius 1 is 1.28 bits per heavy atom. The number of carbonyl (C=O) groups excluding carboxylic acids is 1. The predicted octanol–water partition coefficient (Wildman–Crippen LogP) is 4.25. The van der Waals surface area contributed by atoms with Gasteiger partial charge in [0.2, 0.25) is 0 Å². The van der Waals surface area contributed by atoms with Crippen LogP contribution in [0.25, 0.3) is 11.3 Å². The second-order valence-corrected chi connectivity index (χ2v) is 6.68. The number of nitrogens with one attached hydrogen (secondary N) is 2. The third-order valence-electron chi connectivity index (χ3n) is 3.80. The molecule has 0 aliphatic heterocycles. The average molecular weight is 355 g/mol. The largest absolute Gasteiger partial charge is 0.494 e. The lowest BCUT2D eigenvalue weighted by molar-refractivity contribution is 0.0952. The quantitative estimate of drug-likeness (QED) is 0.594. The number of hydrogen-bond donors (Lipinski definition) is 2. The molecule has 3 rings (SSSR count). The Hall–Kier alpha value is -2.60. The van der Waals surface area contributed by atoms with Crippen molar-refractivity contribution in [3.63, 3.8) is 0 Å². The number of aromatic amines is 1. The summed E-state index contributed by atoms with van der Waals surface area (Å²) in [6.45, 7) is 3.37. The highest BCUT2D eigenvalue weighted by Gasteiger charge is 2.15. The molecule has 0 saturated carbocycles. The molecule has 130 valence electrons. The average Bonchev–Trinajstić information content (AvgIpc) is 3.32. The second-order valence-electron chi connectivity index (χ2n) is 5.65. The van der Waals surface area contributed by atoms with E-state index in [1.54, 1.807) is 17.5 Å². The number of hydrogen-bond acceptors (Lipinski definition) is 4. The fourth-order valence-electron chi connectivity index (χ4n) is 2.41. The zero-order chi connectivity index (χ0) is 17.5. The molecule has 1 amide bonds. The van der Waals surface area contributed by atoms with Crippen LogP contribution in [0.1, 0.15) is 35.0 Å². The first-order valence-corrected chi connectivity index (χ1v) is 9.23. The third kappa shape index (κ3) is 4.48. The molecule has 25 heavy (non-hydrogen) atoms. The van der Waals surface area contributed by atoms with E-state index in [0.29, 0.717) is 17.8 Å². The summed E-state index contributed by atoms with van der Waals surface area (Å²) in [5.41, 5.74) is 2.15. The van der Waals surface area contributed by atoms with E-state index in [2.05, 4.69) is 22.4 Å². The van der Waals surface area contributed by atoms with E-state index in [9.17, 15) is 4.79 Å². The summed E-state index contributed by atoms with van der Waals surface area (Å²) in [7, 11) is 0. The Morgan fingerprint density at radius 3 is 2.84 bits per heavy atom. The number of H-pyrrole nitrogens is 1. The molecule has 0 fully saturated rings. The van der Waals surface area contributed by atoms with Crippen molar-refractivity contribution in [2.45, 2.75) is 26.3 Å². The molecule has 0 saturated heterocycles. The Balaban J connectivity index is 1.67. The smallest absolute Gasteiger partial charge is 0.255 e. The van der Waals surface area contributed by atoms with Crippen molar-refractivity contribution < 1.29 is 9.53 Å². The van der Waals surface area contributed by atoms with Gasteiger partial charge in [0.05, 0.1) is 30.6 Å². The molecule has 3 aromatic rings. The van der Waals surface area contributed by atoms with Crippen LogP contribution in [0.5, 0.6) is 5.75 Å². The van der Waals surface area contributed by atoms with E-state index in [1.807, 2.05) is 41.8 Å². The molecule has 2 heterocycles. The van der Waals surface area contributed by atoms with Crippen molar-refractivity contribution in [1.82, 2.24) is 15.5 Å². The molecular formula is C19H21N3O2S. The zero-order valence-corrected chi connectivity index (χ0v) is 14.9. The van der Waals surface area contributed by atoms with Crippen molar-refractivity contribution in [1.29, 1.82) is 0 Å². The van der Waals surface area contributed by atoms with Crippen molar-refractivity contribution in [3.05, 3.63) is 58.4 Å². The van der Waals surface area contributed by atoms with Gasteiger partial charge >= 0.3 is 0 Å². The van der Waals surface area contributed by atoms with Crippen LogP contribution >= 0.6 is 11.3 Å².